The minimum atomic E-state index is -0.799. The SMILES string of the molecule is CC(C)CCCCCC(S)C(=O)O.CC(C)CCCCCC(S)C(=O)O.CCCCCCC[CH2][Zn][CH2]CCCCCCC. The van der Waals surface area contributed by atoms with E-state index in [4.69, 9.17) is 10.2 Å². The molecule has 0 saturated carbocycles. The topological polar surface area (TPSA) is 74.6 Å². The van der Waals surface area contributed by atoms with Crippen LogP contribution in [-0.2, 0) is 26.7 Å². The van der Waals surface area contributed by atoms with E-state index in [-0.39, 0.29) is 17.1 Å². The maximum atomic E-state index is 10.4. The predicted octanol–water partition coefficient (Wildman–Crippen LogP) is 12.6. The average molecular weight is 701 g/mol. The molecule has 0 fully saturated rings. The quantitative estimate of drug-likeness (QED) is 0.0372. The van der Waals surface area contributed by atoms with Gasteiger partial charge in [-0.25, -0.2) is 0 Å². The number of carboxylic acids is 2. The molecule has 2 unspecified atom stereocenters. The standard InChI is InChI=1S/2C10H20O2S.2C8H17.Zn/c2*1-8(2)6-4-3-5-7-9(13)10(11)12;2*1-3-5-7-8-6-4-2;/h2*8-9,13H,3-7H2,1-2H3,(H,11,12);2*1,3-8H2,2H3;. The number of unbranched alkanes of at least 4 members (excludes halogenated alkanes) is 14. The zero-order valence-corrected chi connectivity index (χ0v) is 34.3. The Morgan fingerprint density at radius 3 is 1.07 bits per heavy atom. The maximum absolute atomic E-state index is 10.4. The second-order valence-corrected chi connectivity index (χ2v) is 19.1. The Hall–Kier alpha value is 0.263. The minimum absolute atomic E-state index is 0.0720. The van der Waals surface area contributed by atoms with E-state index >= 15 is 0 Å². The Balaban J connectivity index is -0.000000566. The van der Waals surface area contributed by atoms with Crippen LogP contribution < -0.4 is 0 Å². The molecule has 0 aliphatic heterocycles. The summed E-state index contributed by atoms with van der Waals surface area (Å²) in [5, 5.41) is 19.5. The van der Waals surface area contributed by atoms with Crippen molar-refractivity contribution in [2.75, 3.05) is 0 Å². The molecule has 256 valence electrons. The van der Waals surface area contributed by atoms with Gasteiger partial charge in [0.2, 0.25) is 0 Å². The van der Waals surface area contributed by atoms with Gasteiger partial charge < -0.3 is 10.2 Å². The zero-order valence-electron chi connectivity index (χ0n) is 29.6. The Morgan fingerprint density at radius 1 is 0.488 bits per heavy atom. The molecule has 0 bridgehead atoms. The number of hydrogen-bond donors (Lipinski definition) is 4. The Morgan fingerprint density at radius 2 is 0.767 bits per heavy atom. The summed E-state index contributed by atoms with van der Waals surface area (Å²) in [5.41, 5.74) is 0. The van der Waals surface area contributed by atoms with Crippen LogP contribution in [0.25, 0.3) is 0 Å². The fourth-order valence-corrected chi connectivity index (χ4v) is 8.90. The molecule has 2 N–H and O–H groups in total. The molecule has 7 heteroatoms. The molecule has 2 atom stereocenters. The molecule has 0 heterocycles. The van der Waals surface area contributed by atoms with Crippen molar-refractivity contribution in [3.8, 4) is 0 Å². The predicted molar refractivity (Wildman–Crippen MR) is 193 cm³/mol. The van der Waals surface area contributed by atoms with E-state index in [0.717, 1.165) is 37.5 Å². The van der Waals surface area contributed by atoms with Gasteiger partial charge in [0, 0.05) is 0 Å². The van der Waals surface area contributed by atoms with Crippen molar-refractivity contribution >= 4 is 37.2 Å². The van der Waals surface area contributed by atoms with Crippen LogP contribution in [0.15, 0.2) is 0 Å². The number of carbonyl (C=O) groups is 2. The van der Waals surface area contributed by atoms with Crippen molar-refractivity contribution in [2.45, 2.75) is 203 Å². The summed E-state index contributed by atoms with van der Waals surface area (Å²) in [5.74, 6) is -0.0862. The van der Waals surface area contributed by atoms with E-state index in [1.54, 1.807) is 22.9 Å². The summed E-state index contributed by atoms with van der Waals surface area (Å²) in [7, 11) is 0. The molecule has 0 radical (unpaired) electrons. The molecule has 0 aromatic carbocycles. The Kier molecular flexibility index (Phi) is 42.6. The molecule has 0 rings (SSSR count). The van der Waals surface area contributed by atoms with Crippen LogP contribution in [-0.4, -0.2) is 32.7 Å². The van der Waals surface area contributed by atoms with Crippen LogP contribution in [0.1, 0.15) is 183 Å². The molecule has 0 aliphatic carbocycles. The van der Waals surface area contributed by atoms with Gasteiger partial charge in [0.1, 0.15) is 0 Å². The molecule has 0 aromatic heterocycles. The molecule has 0 amide bonds. The van der Waals surface area contributed by atoms with Crippen LogP contribution in [0.3, 0.4) is 0 Å². The van der Waals surface area contributed by atoms with Gasteiger partial charge >= 0.3 is 130 Å². The van der Waals surface area contributed by atoms with E-state index in [9.17, 15) is 9.59 Å². The summed E-state index contributed by atoms with van der Waals surface area (Å²) in [4.78, 5) is 20.8. The molecule has 4 nitrogen and oxygen atoms in total. The van der Waals surface area contributed by atoms with E-state index in [0.29, 0.717) is 12.8 Å². The summed E-state index contributed by atoms with van der Waals surface area (Å²) in [6.45, 7) is 13.4. The number of carboxylic acid groups (broad SMARTS) is 2. The van der Waals surface area contributed by atoms with Crippen LogP contribution in [0, 0.1) is 11.8 Å². The first-order valence-corrected chi connectivity index (χ1v) is 23.5. The van der Waals surface area contributed by atoms with Gasteiger partial charge in [-0.1, -0.05) is 79.1 Å². The van der Waals surface area contributed by atoms with Crippen molar-refractivity contribution < 1.29 is 36.9 Å². The first-order chi connectivity index (χ1) is 20.5. The van der Waals surface area contributed by atoms with E-state index in [1.807, 2.05) is 0 Å². The Labute approximate surface area is 287 Å². The van der Waals surface area contributed by atoms with Crippen LogP contribution in [0.2, 0.25) is 10.0 Å². The zero-order chi connectivity index (χ0) is 33.1. The molecular formula is C36H74O4S2Zn. The van der Waals surface area contributed by atoms with Gasteiger partial charge in [-0.05, 0) is 24.7 Å². The van der Waals surface area contributed by atoms with Crippen LogP contribution in [0.4, 0.5) is 0 Å². The molecule has 0 spiro atoms. The van der Waals surface area contributed by atoms with E-state index in [2.05, 4.69) is 66.8 Å². The van der Waals surface area contributed by atoms with Crippen molar-refractivity contribution in [2.24, 2.45) is 11.8 Å². The normalized spacial score (nSPS) is 12.1. The molecule has 43 heavy (non-hydrogen) atoms. The molecule has 0 aliphatic rings. The van der Waals surface area contributed by atoms with Gasteiger partial charge in [-0.3, -0.25) is 9.59 Å². The Bertz CT molecular complexity index is 527. The first-order valence-electron chi connectivity index (χ1n) is 18.3. The monoisotopic (exact) mass is 698 g/mol. The van der Waals surface area contributed by atoms with Gasteiger partial charge in [0.25, 0.3) is 0 Å². The number of thiol groups is 2. The second kappa shape index (κ2) is 38.4. The summed E-state index contributed by atoms with van der Waals surface area (Å²) in [6.07, 6.45) is 28.4. The molecule has 0 aromatic rings. The number of hydrogen-bond acceptors (Lipinski definition) is 4. The third-order valence-electron chi connectivity index (χ3n) is 7.80. The van der Waals surface area contributed by atoms with E-state index in [1.165, 1.54) is 89.9 Å². The van der Waals surface area contributed by atoms with Gasteiger partial charge in [0.05, 0.1) is 10.5 Å². The van der Waals surface area contributed by atoms with Crippen molar-refractivity contribution in [1.82, 2.24) is 0 Å². The molecule has 0 saturated heterocycles. The summed E-state index contributed by atoms with van der Waals surface area (Å²) < 4.78 is 0. The summed E-state index contributed by atoms with van der Waals surface area (Å²) in [6, 6.07) is 0. The van der Waals surface area contributed by atoms with Crippen LogP contribution in [0.5, 0.6) is 0 Å². The van der Waals surface area contributed by atoms with Gasteiger partial charge in [0.15, 0.2) is 0 Å². The number of aliphatic carboxylic acids is 2. The van der Waals surface area contributed by atoms with Crippen LogP contribution >= 0.6 is 25.3 Å². The third kappa shape index (κ3) is 46.8. The van der Waals surface area contributed by atoms with E-state index < -0.39 is 22.4 Å². The fraction of sp³-hybridized carbons (Fsp3) is 0.944. The summed E-state index contributed by atoms with van der Waals surface area (Å²) >= 11 is 7.86. The number of rotatable bonds is 28. The third-order valence-corrected chi connectivity index (χ3v) is 12.9. The van der Waals surface area contributed by atoms with Crippen molar-refractivity contribution in [1.29, 1.82) is 0 Å². The molecular weight excluding hydrogens is 626 g/mol. The second-order valence-electron chi connectivity index (χ2n) is 13.4. The van der Waals surface area contributed by atoms with Crippen molar-refractivity contribution in [3.05, 3.63) is 0 Å². The van der Waals surface area contributed by atoms with Crippen molar-refractivity contribution in [3.63, 3.8) is 0 Å². The van der Waals surface area contributed by atoms with Gasteiger partial charge in [-0.15, -0.1) is 0 Å². The fourth-order valence-electron chi connectivity index (χ4n) is 4.83. The van der Waals surface area contributed by atoms with Gasteiger partial charge in [-0.2, -0.15) is 25.3 Å². The first kappa shape index (κ1) is 47.7. The average Bonchev–Trinajstić information content (AvgIpc) is 2.95.